The Hall–Kier alpha value is -14.8. The van der Waals surface area contributed by atoms with Crippen LogP contribution in [-0.2, 0) is 4.74 Å². The summed E-state index contributed by atoms with van der Waals surface area (Å²) < 4.78 is 18.4. The number of halogens is 1. The summed E-state index contributed by atoms with van der Waals surface area (Å²) in [5, 5.41) is 25.6. The van der Waals surface area contributed by atoms with Crippen molar-refractivity contribution in [3.05, 3.63) is 465 Å². The quantitative estimate of drug-likeness (QED) is 0.0278. The average molecular weight is 1950 g/mol. The second-order valence-corrected chi connectivity index (χ2v) is 37.9. The molecule has 0 unspecified atom stereocenters. The largest absolute Gasteiger partial charge is 0.453 e. The number of ketones is 6. The van der Waals surface area contributed by atoms with Crippen LogP contribution in [-0.4, -0.2) is 133 Å². The lowest BCUT2D eigenvalue weighted by Crippen LogP contribution is -2.24. The van der Waals surface area contributed by atoms with Crippen molar-refractivity contribution in [2.24, 2.45) is 0 Å². The van der Waals surface area contributed by atoms with Crippen molar-refractivity contribution in [2.45, 2.75) is 132 Å². The Morgan fingerprint density at radius 2 is 0.493 bits per heavy atom. The van der Waals surface area contributed by atoms with Crippen LogP contribution in [0.1, 0.15) is 269 Å². The molecule has 746 valence electrons. The number of fused-ring (bicyclic) bond motifs is 1. The summed E-state index contributed by atoms with van der Waals surface area (Å²) in [5.41, 5.74) is 38.0. The van der Waals surface area contributed by atoms with E-state index in [4.69, 9.17) is 0 Å². The summed E-state index contributed by atoms with van der Waals surface area (Å²) in [7, 11) is 1.33. The number of nitrogens with one attached hydrogen (secondary N) is 7. The Kier molecular flexibility index (Phi) is 39.3. The molecule has 6 heterocycles. The second kappa shape index (κ2) is 53.7. The molecule has 7 N–H and O–H groups in total. The standard InChI is InChI=1S/C24H23NO.C22H23NO2.C21H21NO2.2C21H23NO.C20H21FN2O2/c1-17(26)18-6-9-20(10-7-18)24(21-12-14-25-15-13-21)23-11-8-19-4-2-3-5-22(19)16-23;1-15(24)17-3-7-19(8-4-17)22(21-11-13-23-14-12-21)20-9-5-18(6-10-20)16(2)25;1-15(24)16-6-8-17(9-7-16)21(18-10-12-22-13-11-18)20-5-3-2-4-19(20)14-23;2*1-15-4-3-5-20(14-15)21(19-10-12-22-13-11-19)18-8-6-17(7-9-18)16(2)23;1-25-20(24)23-18-7-5-14(6-8-18)19(15-9-11-22-12-10-15)16-3-2-4-17(21)13-16/h2-11,16,25H,12-15H2,1H3;3-10,23H,11-14H2,1-2H3;2-9,14,22H,10-13H2,1H3;2*3-9,14,22H,10-13H2,1-2H3;2-8,13,22H,9-12H2,1H3,(H,23,24). The Morgan fingerprint density at radius 1 is 0.253 bits per heavy atom. The number of Topliss-reactive ketones (excluding diaryl/α,β-unsaturated/α-hetero) is 6. The van der Waals surface area contributed by atoms with E-state index < -0.39 is 6.09 Å². The molecule has 6 saturated heterocycles. The van der Waals surface area contributed by atoms with Crippen molar-refractivity contribution in [3.63, 3.8) is 0 Å². The van der Waals surface area contributed by atoms with Gasteiger partial charge in [0.1, 0.15) is 5.82 Å². The fourth-order valence-corrected chi connectivity index (χ4v) is 19.8. The van der Waals surface area contributed by atoms with E-state index in [1.165, 1.54) is 124 Å². The number of anilines is 1. The third-order valence-corrected chi connectivity index (χ3v) is 27.6. The van der Waals surface area contributed by atoms with E-state index in [-0.39, 0.29) is 40.5 Å². The van der Waals surface area contributed by atoms with Crippen molar-refractivity contribution < 1.29 is 47.5 Å². The molecule has 0 saturated carbocycles. The number of methoxy groups -OCH3 is 1. The van der Waals surface area contributed by atoms with Crippen LogP contribution in [0.4, 0.5) is 14.9 Å². The minimum Gasteiger partial charge on any atom is -0.453 e. The van der Waals surface area contributed by atoms with Gasteiger partial charge in [0.2, 0.25) is 0 Å². The highest BCUT2D eigenvalue weighted by atomic mass is 19.1. The van der Waals surface area contributed by atoms with Crippen LogP contribution >= 0.6 is 0 Å². The zero-order valence-electron chi connectivity index (χ0n) is 85.5. The van der Waals surface area contributed by atoms with Crippen LogP contribution in [0.5, 0.6) is 0 Å². The predicted octanol–water partition coefficient (Wildman–Crippen LogP) is 26.3. The molecular weight excluding hydrogens is 1810 g/mol. The molecule has 1 amide bonds. The normalized spacial score (nSPS) is 14.4. The highest BCUT2D eigenvalue weighted by Crippen LogP contribution is 2.40. The summed E-state index contributed by atoms with van der Waals surface area (Å²) in [6.45, 7) is 25.8. The van der Waals surface area contributed by atoms with E-state index in [2.05, 4.69) is 183 Å². The van der Waals surface area contributed by atoms with E-state index in [1.807, 2.05) is 164 Å². The molecule has 6 aliphatic heterocycles. The first-order valence-electron chi connectivity index (χ1n) is 51.1. The molecule has 0 atom stereocenters. The fraction of sp³-hybridized carbons (Fsp3) is 0.256. The van der Waals surface area contributed by atoms with Crippen LogP contribution in [0, 0.1) is 19.7 Å². The van der Waals surface area contributed by atoms with E-state index in [0.29, 0.717) is 16.8 Å². The second-order valence-electron chi connectivity index (χ2n) is 37.9. The summed E-state index contributed by atoms with van der Waals surface area (Å²) in [5.74, 6) is 0.311. The molecule has 0 aromatic heterocycles. The molecule has 17 heteroatoms. The van der Waals surface area contributed by atoms with Crippen molar-refractivity contribution in [1.29, 1.82) is 0 Å². The molecule has 19 rings (SSSR count). The number of benzene rings is 13. The number of rotatable bonds is 20. The Balaban J connectivity index is 0.000000139. The summed E-state index contributed by atoms with van der Waals surface area (Å²) in [4.78, 5) is 92.1. The highest BCUT2D eigenvalue weighted by Gasteiger charge is 2.25. The monoisotopic (exact) mass is 1940 g/mol. The molecule has 13 aromatic rings. The van der Waals surface area contributed by atoms with Gasteiger partial charge in [0.05, 0.1) is 7.11 Å². The maximum absolute atomic E-state index is 13.8. The molecule has 0 radical (unpaired) electrons. The van der Waals surface area contributed by atoms with Gasteiger partial charge in [0.25, 0.3) is 0 Å². The van der Waals surface area contributed by atoms with Gasteiger partial charge in [-0.15, -0.1) is 0 Å². The molecule has 0 aliphatic carbocycles. The molecular formula is C129H134FN7O9. The fourth-order valence-electron chi connectivity index (χ4n) is 19.8. The van der Waals surface area contributed by atoms with Crippen molar-refractivity contribution in [3.8, 4) is 0 Å². The van der Waals surface area contributed by atoms with Crippen LogP contribution in [0.15, 0.2) is 343 Å². The molecule has 13 aromatic carbocycles. The Labute approximate surface area is 859 Å². The Morgan fingerprint density at radius 3 is 0.781 bits per heavy atom. The summed E-state index contributed by atoms with van der Waals surface area (Å²) in [6, 6.07) is 102. The molecule has 16 nitrogen and oxygen atoms in total. The van der Waals surface area contributed by atoms with Crippen molar-refractivity contribution >= 4 is 97.0 Å². The van der Waals surface area contributed by atoms with Gasteiger partial charge in [-0.1, -0.05) is 324 Å². The smallest absolute Gasteiger partial charge is 0.411 e. The summed E-state index contributed by atoms with van der Waals surface area (Å²) >= 11 is 0. The third kappa shape index (κ3) is 29.5. The zero-order chi connectivity index (χ0) is 103. The van der Waals surface area contributed by atoms with Gasteiger partial charge >= 0.3 is 6.09 Å². The van der Waals surface area contributed by atoms with Gasteiger partial charge in [-0.3, -0.25) is 38.9 Å². The van der Waals surface area contributed by atoms with Gasteiger partial charge < -0.3 is 36.6 Å². The van der Waals surface area contributed by atoms with Crippen LogP contribution in [0.3, 0.4) is 0 Å². The minimum atomic E-state index is -0.505. The van der Waals surface area contributed by atoms with E-state index >= 15 is 0 Å². The molecule has 6 aliphatic rings. The van der Waals surface area contributed by atoms with Gasteiger partial charge in [0.15, 0.2) is 41.0 Å². The third-order valence-electron chi connectivity index (χ3n) is 27.6. The lowest BCUT2D eigenvalue weighted by atomic mass is 9.86. The van der Waals surface area contributed by atoms with Crippen molar-refractivity contribution in [1.82, 2.24) is 31.9 Å². The first-order valence-corrected chi connectivity index (χ1v) is 51.1. The van der Waals surface area contributed by atoms with Gasteiger partial charge in [0, 0.05) is 44.6 Å². The number of ether oxygens (including phenoxy) is 1. The number of hydrogen-bond donors (Lipinski definition) is 7. The highest BCUT2D eigenvalue weighted by molar-refractivity contribution is 6.01. The van der Waals surface area contributed by atoms with Crippen LogP contribution in [0.25, 0.3) is 44.2 Å². The predicted molar refractivity (Wildman–Crippen MR) is 594 cm³/mol. The van der Waals surface area contributed by atoms with Gasteiger partial charge in [-0.2, -0.15) is 0 Å². The minimum absolute atomic E-state index is 0.0610. The van der Waals surface area contributed by atoms with Crippen molar-refractivity contribution in [2.75, 3.05) is 91.0 Å². The van der Waals surface area contributed by atoms with Gasteiger partial charge in [-0.05, 0) is 352 Å². The molecule has 0 spiro atoms. The van der Waals surface area contributed by atoms with Crippen LogP contribution < -0.4 is 37.2 Å². The lowest BCUT2D eigenvalue weighted by molar-refractivity contribution is 0.100. The topological polar surface area (TPSA) is 230 Å². The molecule has 6 fully saturated rings. The zero-order valence-corrected chi connectivity index (χ0v) is 85.5. The van der Waals surface area contributed by atoms with E-state index in [0.717, 1.165) is 234 Å². The maximum Gasteiger partial charge on any atom is 0.411 e. The van der Waals surface area contributed by atoms with E-state index in [9.17, 15) is 42.7 Å². The first kappa shape index (κ1) is 107. The summed E-state index contributed by atoms with van der Waals surface area (Å²) in [6.07, 6.45) is 12.7. The number of piperidine rings is 6. The SMILES string of the molecule is CC(=O)c1ccc(C(=C2CCNCC2)c2ccc(C(C)=O)cc2)cc1.CC(=O)c1ccc(C(=C2CCNCC2)c2ccc3ccccc3c2)cc1.CC(=O)c1ccc(C(=C2CCNCC2)c2cccc(C)c2)cc1.CC(=O)c1ccc(C(=C2CCNCC2)c2cccc(C)c2)cc1.CC(=O)c1ccc(C(=C2CCNCC2)c2ccccc2C=O)cc1.COC(=O)Nc1ccc(C(=C2CCNCC2)c2cccc(F)c2)cc1. The number of aldehydes is 1. The average Bonchev–Trinajstić information content (AvgIpc) is 0.715. The lowest BCUT2D eigenvalue weighted by Gasteiger charge is -2.22. The number of hydrogen-bond acceptors (Lipinski definition) is 15. The first-order chi connectivity index (χ1) is 70.9. The number of carbonyl (C=O) groups excluding carboxylic acids is 8. The van der Waals surface area contributed by atoms with Gasteiger partial charge in [-0.25, -0.2) is 9.18 Å². The molecule has 0 bridgehead atoms. The number of amides is 1. The van der Waals surface area contributed by atoms with Crippen LogP contribution in [0.2, 0.25) is 0 Å². The molecule has 146 heavy (non-hydrogen) atoms. The van der Waals surface area contributed by atoms with E-state index in [1.54, 1.807) is 53.7 Å². The number of carbonyl (C=O) groups is 8. The maximum atomic E-state index is 13.8. The Bertz CT molecular complexity index is 6790. The number of aryl methyl sites for hydroxylation is 2.